The number of H-pyrrole nitrogens is 1. The van der Waals surface area contributed by atoms with Crippen molar-refractivity contribution in [2.75, 3.05) is 0 Å². The quantitative estimate of drug-likeness (QED) is 0.732. The molecular weight excluding hydrogens is 192 g/mol. The minimum absolute atomic E-state index is 0.407. The smallest absolute Gasteiger partial charge is 0.290 e. The molecule has 2 rings (SSSR count). The summed E-state index contributed by atoms with van der Waals surface area (Å²) in [6.07, 6.45) is 6.40. The molecule has 5 heteroatoms. The molecule has 0 fully saturated rings. The Labute approximate surface area is 85.6 Å². The zero-order chi connectivity index (χ0) is 10.5. The number of aromatic amines is 1. The summed E-state index contributed by atoms with van der Waals surface area (Å²) in [6, 6.07) is 5.31. The van der Waals surface area contributed by atoms with Gasteiger partial charge in [0.2, 0.25) is 0 Å². The van der Waals surface area contributed by atoms with Gasteiger partial charge in [-0.2, -0.15) is 0 Å². The van der Waals surface area contributed by atoms with E-state index in [1.165, 1.54) is 6.20 Å². The molecule has 0 amide bonds. The fourth-order valence-corrected chi connectivity index (χ4v) is 1.03. The molecule has 0 aromatic carbocycles. The molecule has 0 saturated heterocycles. The van der Waals surface area contributed by atoms with Crippen LogP contribution in [0.15, 0.2) is 46.6 Å². The summed E-state index contributed by atoms with van der Waals surface area (Å²) in [5.74, 6) is 0.471. The van der Waals surface area contributed by atoms with Crippen LogP contribution in [0.1, 0.15) is 5.56 Å². The van der Waals surface area contributed by atoms with Gasteiger partial charge in [-0.15, -0.1) is 0 Å². The highest BCUT2D eigenvalue weighted by Gasteiger charge is 1.89. The molecule has 0 aliphatic carbocycles. The number of hydrogen-bond acceptors (Lipinski definition) is 4. The third-order valence-electron chi connectivity index (χ3n) is 1.70. The van der Waals surface area contributed by atoms with Crippen LogP contribution in [0.25, 0.3) is 0 Å². The van der Waals surface area contributed by atoms with Crippen LogP contribution >= 0.6 is 0 Å². The highest BCUT2D eigenvalue weighted by molar-refractivity contribution is 5.80. The maximum absolute atomic E-state index is 10.8. The van der Waals surface area contributed by atoms with Crippen LogP contribution in [-0.4, -0.2) is 21.2 Å². The van der Waals surface area contributed by atoms with Crippen LogP contribution in [-0.2, 0) is 0 Å². The van der Waals surface area contributed by atoms with Crippen molar-refractivity contribution >= 4 is 12.0 Å². The molecule has 0 unspecified atom stereocenters. The molecule has 0 radical (unpaired) electrons. The van der Waals surface area contributed by atoms with Gasteiger partial charge in [0.15, 0.2) is 0 Å². The number of aliphatic imine (C=N–C) groups is 1. The topological polar surface area (TPSA) is 71.0 Å². The van der Waals surface area contributed by atoms with Crippen molar-refractivity contribution in [2.45, 2.75) is 0 Å². The van der Waals surface area contributed by atoms with E-state index in [0.29, 0.717) is 5.82 Å². The predicted octanol–water partition coefficient (Wildman–Crippen LogP) is 0.915. The largest absolute Gasteiger partial charge is 0.346 e. The third-order valence-corrected chi connectivity index (χ3v) is 1.70. The number of nitrogens with zero attached hydrogens (tertiary/aromatic N) is 3. The lowest BCUT2D eigenvalue weighted by atomic mass is 10.3. The van der Waals surface area contributed by atoms with Crippen LogP contribution < -0.4 is 5.69 Å². The van der Waals surface area contributed by atoms with Crippen molar-refractivity contribution in [3.8, 4) is 0 Å². The van der Waals surface area contributed by atoms with Crippen molar-refractivity contribution in [2.24, 2.45) is 4.99 Å². The number of hydrogen-bond donors (Lipinski definition) is 1. The van der Waals surface area contributed by atoms with Crippen LogP contribution in [0, 0.1) is 0 Å². The molecule has 2 aromatic heterocycles. The summed E-state index contributed by atoms with van der Waals surface area (Å²) < 4.78 is 0. The first-order valence-corrected chi connectivity index (χ1v) is 4.34. The van der Waals surface area contributed by atoms with E-state index in [1.54, 1.807) is 24.7 Å². The molecule has 74 valence electrons. The molecule has 0 atom stereocenters. The second-order valence-corrected chi connectivity index (χ2v) is 2.80. The molecule has 0 aliphatic heterocycles. The number of aromatic nitrogens is 3. The fourth-order valence-electron chi connectivity index (χ4n) is 1.03. The number of rotatable bonds is 2. The van der Waals surface area contributed by atoms with Crippen LogP contribution in [0.5, 0.6) is 0 Å². The van der Waals surface area contributed by atoms with Crippen LogP contribution in [0.3, 0.4) is 0 Å². The average molecular weight is 200 g/mol. The maximum atomic E-state index is 10.8. The Morgan fingerprint density at radius 3 is 3.00 bits per heavy atom. The SMILES string of the molecule is O=c1nccc(/N=C/c2cccnc2)[nH]1. The summed E-state index contributed by atoms with van der Waals surface area (Å²) in [6.45, 7) is 0. The van der Waals surface area contributed by atoms with Crippen molar-refractivity contribution < 1.29 is 0 Å². The Balaban J connectivity index is 2.23. The Kier molecular flexibility index (Phi) is 2.64. The lowest BCUT2D eigenvalue weighted by Crippen LogP contribution is -2.07. The first-order valence-electron chi connectivity index (χ1n) is 4.34. The Morgan fingerprint density at radius 1 is 1.33 bits per heavy atom. The van der Waals surface area contributed by atoms with Gasteiger partial charge in [0, 0.05) is 30.4 Å². The first-order chi connectivity index (χ1) is 7.34. The molecular formula is C10H8N4O. The Morgan fingerprint density at radius 2 is 2.27 bits per heavy atom. The van der Waals surface area contributed by atoms with E-state index in [9.17, 15) is 4.79 Å². The van der Waals surface area contributed by atoms with Gasteiger partial charge in [0.25, 0.3) is 0 Å². The van der Waals surface area contributed by atoms with Crippen molar-refractivity contribution in [1.29, 1.82) is 0 Å². The number of pyridine rings is 1. The zero-order valence-corrected chi connectivity index (χ0v) is 7.79. The summed E-state index contributed by atoms with van der Waals surface area (Å²) >= 11 is 0. The summed E-state index contributed by atoms with van der Waals surface area (Å²) in [7, 11) is 0. The van der Waals surface area contributed by atoms with Gasteiger partial charge in [-0.25, -0.2) is 14.8 Å². The monoisotopic (exact) mass is 200 g/mol. The standard InChI is InChI=1S/C10H8N4O/c15-10-12-5-3-9(14-10)13-7-8-2-1-4-11-6-8/h1-7H,(H,12,14,15)/b13-7+. The summed E-state index contributed by atoms with van der Waals surface area (Å²) in [4.78, 5) is 24.9. The van der Waals surface area contributed by atoms with Crippen LogP contribution in [0.4, 0.5) is 5.82 Å². The predicted molar refractivity (Wildman–Crippen MR) is 56.3 cm³/mol. The van der Waals surface area contributed by atoms with Gasteiger partial charge in [-0.1, -0.05) is 6.07 Å². The second-order valence-electron chi connectivity index (χ2n) is 2.80. The molecule has 0 spiro atoms. The van der Waals surface area contributed by atoms with Crippen molar-refractivity contribution in [3.05, 3.63) is 52.8 Å². The molecule has 15 heavy (non-hydrogen) atoms. The lowest BCUT2D eigenvalue weighted by Gasteiger charge is -1.91. The molecule has 5 nitrogen and oxygen atoms in total. The van der Waals surface area contributed by atoms with Gasteiger partial charge >= 0.3 is 5.69 Å². The van der Waals surface area contributed by atoms with E-state index >= 15 is 0 Å². The average Bonchev–Trinajstić information content (AvgIpc) is 2.28. The third kappa shape index (κ3) is 2.57. The molecule has 1 N–H and O–H groups in total. The molecule has 0 aliphatic rings. The second kappa shape index (κ2) is 4.28. The van der Waals surface area contributed by atoms with Crippen LogP contribution in [0.2, 0.25) is 0 Å². The van der Waals surface area contributed by atoms with Crippen molar-refractivity contribution in [1.82, 2.24) is 15.0 Å². The van der Waals surface area contributed by atoms with Gasteiger partial charge in [-0.3, -0.25) is 9.97 Å². The van der Waals surface area contributed by atoms with Gasteiger partial charge in [-0.05, 0) is 12.1 Å². The number of nitrogens with one attached hydrogen (secondary N) is 1. The summed E-state index contributed by atoms with van der Waals surface area (Å²) in [5, 5.41) is 0. The molecule has 0 bridgehead atoms. The minimum atomic E-state index is -0.407. The summed E-state index contributed by atoms with van der Waals surface area (Å²) in [5.41, 5.74) is 0.464. The van der Waals surface area contributed by atoms with Gasteiger partial charge in [0.05, 0.1) is 0 Å². The lowest BCUT2D eigenvalue weighted by molar-refractivity contribution is 1.07. The van der Waals surface area contributed by atoms with E-state index in [1.807, 2.05) is 12.1 Å². The fraction of sp³-hybridized carbons (Fsp3) is 0. The highest BCUT2D eigenvalue weighted by Crippen LogP contribution is 2.02. The Hall–Kier alpha value is -2.30. The first kappa shape index (κ1) is 9.26. The molecule has 0 saturated carbocycles. The van der Waals surface area contributed by atoms with Gasteiger partial charge < -0.3 is 0 Å². The molecule has 2 heterocycles. The molecule has 2 aromatic rings. The zero-order valence-electron chi connectivity index (χ0n) is 7.79. The van der Waals surface area contributed by atoms with E-state index in [4.69, 9.17) is 0 Å². The highest BCUT2D eigenvalue weighted by atomic mass is 16.1. The van der Waals surface area contributed by atoms with E-state index < -0.39 is 5.69 Å². The maximum Gasteiger partial charge on any atom is 0.346 e. The van der Waals surface area contributed by atoms with Gasteiger partial charge in [0.1, 0.15) is 5.82 Å². The normalized spacial score (nSPS) is 10.7. The van der Waals surface area contributed by atoms with Crippen molar-refractivity contribution in [3.63, 3.8) is 0 Å². The Bertz CT molecular complexity index is 518. The van der Waals surface area contributed by atoms with E-state index in [2.05, 4.69) is 19.9 Å². The van der Waals surface area contributed by atoms with E-state index in [-0.39, 0.29) is 0 Å². The minimum Gasteiger partial charge on any atom is -0.290 e. The van der Waals surface area contributed by atoms with E-state index in [0.717, 1.165) is 5.56 Å².